The number of amidine groups is 1. The van der Waals surface area contributed by atoms with Crippen molar-refractivity contribution in [3.8, 4) is 0 Å². The number of amides is 1. The molecule has 0 unspecified atom stereocenters. The van der Waals surface area contributed by atoms with Crippen molar-refractivity contribution in [1.82, 2.24) is 4.90 Å². The van der Waals surface area contributed by atoms with Gasteiger partial charge in [0.05, 0.1) is 10.6 Å². The predicted molar refractivity (Wildman–Crippen MR) is 85.0 cm³/mol. The minimum Gasteiger partial charge on any atom is -0.409 e. The molecule has 5 nitrogen and oxygen atoms in total. The smallest absolute Gasteiger partial charge is 0.255 e. The summed E-state index contributed by atoms with van der Waals surface area (Å²) < 4.78 is 0. The molecule has 116 valence electrons. The fourth-order valence-corrected chi connectivity index (χ4v) is 2.30. The second-order valence-corrected chi connectivity index (χ2v) is 5.88. The van der Waals surface area contributed by atoms with E-state index in [-0.39, 0.29) is 11.7 Å². The van der Waals surface area contributed by atoms with Crippen molar-refractivity contribution in [3.63, 3.8) is 0 Å². The average Bonchev–Trinajstić information content (AvgIpc) is 2.42. The van der Waals surface area contributed by atoms with Crippen LogP contribution in [0.1, 0.15) is 36.2 Å². The molecule has 3 N–H and O–H groups in total. The van der Waals surface area contributed by atoms with Crippen LogP contribution in [0.3, 0.4) is 0 Å². The highest BCUT2D eigenvalue weighted by atomic mass is 35.5. The molecule has 0 heterocycles. The summed E-state index contributed by atoms with van der Waals surface area (Å²) in [5, 5.41) is 12.0. The van der Waals surface area contributed by atoms with Gasteiger partial charge in [0, 0.05) is 19.5 Å². The summed E-state index contributed by atoms with van der Waals surface area (Å²) in [5.74, 6) is 0.275. The summed E-state index contributed by atoms with van der Waals surface area (Å²) >= 11 is 6.16. The Labute approximate surface area is 130 Å². The van der Waals surface area contributed by atoms with Gasteiger partial charge in [-0.15, -0.1) is 0 Å². The number of hydrogen-bond acceptors (Lipinski definition) is 3. The van der Waals surface area contributed by atoms with E-state index in [1.807, 2.05) is 26.8 Å². The average molecular weight is 312 g/mol. The van der Waals surface area contributed by atoms with Crippen molar-refractivity contribution < 1.29 is 10.0 Å². The molecule has 21 heavy (non-hydrogen) atoms. The monoisotopic (exact) mass is 311 g/mol. The molecule has 0 aliphatic heterocycles. The van der Waals surface area contributed by atoms with Gasteiger partial charge in [-0.05, 0) is 30.5 Å². The molecule has 0 atom stereocenters. The summed E-state index contributed by atoms with van der Waals surface area (Å²) in [6.45, 7) is 6.95. The van der Waals surface area contributed by atoms with Crippen molar-refractivity contribution in [2.75, 3.05) is 13.1 Å². The van der Waals surface area contributed by atoms with Gasteiger partial charge >= 0.3 is 0 Å². The summed E-state index contributed by atoms with van der Waals surface area (Å²) in [4.78, 5) is 14.3. The number of carbonyl (C=O) groups excluding carboxylic acids is 1. The molecule has 0 aliphatic rings. The maximum Gasteiger partial charge on any atom is 0.255 e. The third-order valence-electron chi connectivity index (χ3n) is 2.99. The lowest BCUT2D eigenvalue weighted by Crippen LogP contribution is -2.37. The van der Waals surface area contributed by atoms with Gasteiger partial charge in [-0.2, -0.15) is 0 Å². The number of aryl methyl sites for hydroxylation is 1. The van der Waals surface area contributed by atoms with Gasteiger partial charge in [0.2, 0.25) is 0 Å². The van der Waals surface area contributed by atoms with Gasteiger partial charge in [0.15, 0.2) is 0 Å². The lowest BCUT2D eigenvalue weighted by molar-refractivity contribution is 0.0740. The maximum atomic E-state index is 12.6. The molecule has 0 bridgehead atoms. The highest BCUT2D eigenvalue weighted by Gasteiger charge is 2.19. The van der Waals surface area contributed by atoms with Crippen molar-refractivity contribution >= 4 is 23.3 Å². The molecule has 0 radical (unpaired) electrons. The van der Waals surface area contributed by atoms with Crippen LogP contribution in [0.5, 0.6) is 0 Å². The third kappa shape index (κ3) is 5.27. The SMILES string of the molecule is Cc1ccc(C(=O)N(CC/C(N)=N/O)CC(C)C)c(Cl)c1. The van der Waals surface area contributed by atoms with Crippen LogP contribution in [0.15, 0.2) is 23.4 Å². The van der Waals surface area contributed by atoms with Crippen LogP contribution >= 0.6 is 11.6 Å². The number of halogens is 1. The van der Waals surface area contributed by atoms with Gasteiger partial charge in [0.1, 0.15) is 5.84 Å². The Kier molecular flexibility index (Phi) is 6.49. The molecule has 0 saturated heterocycles. The summed E-state index contributed by atoms with van der Waals surface area (Å²) in [6, 6.07) is 5.36. The van der Waals surface area contributed by atoms with Crippen LogP contribution in [0.25, 0.3) is 0 Å². The molecule has 1 amide bonds. The van der Waals surface area contributed by atoms with Gasteiger partial charge in [-0.3, -0.25) is 4.79 Å². The Morgan fingerprint density at radius 2 is 2.14 bits per heavy atom. The van der Waals surface area contributed by atoms with E-state index in [1.54, 1.807) is 17.0 Å². The molecule has 0 aromatic heterocycles. The fraction of sp³-hybridized carbons (Fsp3) is 0.467. The molecule has 1 rings (SSSR count). The molecular formula is C15H22ClN3O2. The Bertz CT molecular complexity index is 530. The van der Waals surface area contributed by atoms with E-state index in [1.165, 1.54) is 0 Å². The third-order valence-corrected chi connectivity index (χ3v) is 3.31. The Morgan fingerprint density at radius 1 is 1.48 bits per heavy atom. The minimum atomic E-state index is -0.139. The molecular weight excluding hydrogens is 290 g/mol. The van der Waals surface area contributed by atoms with E-state index in [0.29, 0.717) is 36.0 Å². The van der Waals surface area contributed by atoms with Gasteiger partial charge < -0.3 is 15.8 Å². The van der Waals surface area contributed by atoms with Crippen LogP contribution in [-0.4, -0.2) is 34.9 Å². The first-order valence-corrected chi connectivity index (χ1v) is 7.24. The van der Waals surface area contributed by atoms with Crippen molar-refractivity contribution in [2.24, 2.45) is 16.8 Å². The van der Waals surface area contributed by atoms with E-state index in [2.05, 4.69) is 5.16 Å². The number of hydrogen-bond donors (Lipinski definition) is 2. The molecule has 0 spiro atoms. The van der Waals surface area contributed by atoms with Gasteiger partial charge in [0.25, 0.3) is 5.91 Å². The predicted octanol–water partition coefficient (Wildman–Crippen LogP) is 2.88. The number of oxime groups is 1. The zero-order valence-electron chi connectivity index (χ0n) is 12.6. The first kappa shape index (κ1) is 17.3. The lowest BCUT2D eigenvalue weighted by atomic mass is 10.1. The minimum absolute atomic E-state index is 0.103. The number of benzene rings is 1. The first-order valence-electron chi connectivity index (χ1n) is 6.87. The first-order chi connectivity index (χ1) is 9.85. The summed E-state index contributed by atoms with van der Waals surface area (Å²) in [7, 11) is 0. The van der Waals surface area contributed by atoms with Crippen LogP contribution in [0.2, 0.25) is 5.02 Å². The van der Waals surface area contributed by atoms with Crippen LogP contribution < -0.4 is 5.73 Å². The Hall–Kier alpha value is -1.75. The lowest BCUT2D eigenvalue weighted by Gasteiger charge is -2.25. The zero-order valence-corrected chi connectivity index (χ0v) is 13.4. The topological polar surface area (TPSA) is 78.9 Å². The van der Waals surface area contributed by atoms with Crippen LogP contribution in [0, 0.1) is 12.8 Å². The molecule has 0 fully saturated rings. The second kappa shape index (κ2) is 7.88. The number of nitrogens with zero attached hydrogens (tertiary/aromatic N) is 2. The quantitative estimate of drug-likeness (QED) is 0.367. The molecule has 0 aliphatic carbocycles. The second-order valence-electron chi connectivity index (χ2n) is 5.47. The molecule has 1 aromatic carbocycles. The number of carbonyl (C=O) groups is 1. The Balaban J connectivity index is 2.93. The van der Waals surface area contributed by atoms with E-state index < -0.39 is 0 Å². The molecule has 6 heteroatoms. The fourth-order valence-electron chi connectivity index (χ4n) is 1.98. The van der Waals surface area contributed by atoms with Crippen LogP contribution in [0.4, 0.5) is 0 Å². The van der Waals surface area contributed by atoms with Gasteiger partial charge in [-0.25, -0.2) is 0 Å². The standard InChI is InChI=1S/C15H22ClN3O2/c1-10(2)9-19(7-6-14(17)18-21)15(20)12-5-4-11(3)8-13(12)16/h4-5,8,10,21H,6-7,9H2,1-3H3,(H2,17,18). The highest BCUT2D eigenvalue weighted by molar-refractivity contribution is 6.33. The number of rotatable bonds is 6. The zero-order chi connectivity index (χ0) is 16.0. The van der Waals surface area contributed by atoms with Crippen molar-refractivity contribution in [1.29, 1.82) is 0 Å². The summed E-state index contributed by atoms with van der Waals surface area (Å²) in [6.07, 6.45) is 0.318. The van der Waals surface area contributed by atoms with E-state index in [0.717, 1.165) is 5.56 Å². The summed E-state index contributed by atoms with van der Waals surface area (Å²) in [5.41, 5.74) is 6.95. The largest absolute Gasteiger partial charge is 0.409 e. The molecule has 0 saturated carbocycles. The normalized spacial score (nSPS) is 11.8. The molecule has 1 aromatic rings. The highest BCUT2D eigenvalue weighted by Crippen LogP contribution is 2.20. The van der Waals surface area contributed by atoms with E-state index in [4.69, 9.17) is 22.5 Å². The van der Waals surface area contributed by atoms with Gasteiger partial charge in [-0.1, -0.05) is 36.7 Å². The Morgan fingerprint density at radius 3 is 2.67 bits per heavy atom. The van der Waals surface area contributed by atoms with E-state index in [9.17, 15) is 4.79 Å². The van der Waals surface area contributed by atoms with Crippen LogP contribution in [-0.2, 0) is 0 Å². The maximum absolute atomic E-state index is 12.6. The van der Waals surface area contributed by atoms with E-state index >= 15 is 0 Å². The van der Waals surface area contributed by atoms with Crippen molar-refractivity contribution in [3.05, 3.63) is 34.3 Å². The number of nitrogens with two attached hydrogens (primary N) is 1. The van der Waals surface area contributed by atoms with Crippen molar-refractivity contribution in [2.45, 2.75) is 27.2 Å².